The van der Waals surface area contributed by atoms with Gasteiger partial charge in [-0.05, 0) is 23.6 Å². The van der Waals surface area contributed by atoms with Crippen LogP contribution in [-0.2, 0) is 16.1 Å². The predicted octanol–water partition coefficient (Wildman–Crippen LogP) is 1.25. The average molecular weight is 292 g/mol. The van der Waals surface area contributed by atoms with E-state index < -0.39 is 0 Å². The molecule has 1 aromatic heterocycles. The number of hydrogen-bond acceptors (Lipinski definition) is 2. The molecule has 1 aliphatic rings. The standard InChI is InChI=1S/C14H14ClN3O2/c15-11-2-1-10-3-5-17(12(10)7-11)9-14(20)18-6-4-16-13(19)8-18/h1-3,5,7H,4,6,8-9H2,(H,16,19). The first kappa shape index (κ1) is 13.0. The molecule has 0 radical (unpaired) electrons. The van der Waals surface area contributed by atoms with E-state index in [0.717, 1.165) is 10.9 Å². The lowest BCUT2D eigenvalue weighted by Gasteiger charge is -2.26. The molecule has 0 bridgehead atoms. The smallest absolute Gasteiger partial charge is 0.243 e. The highest BCUT2D eigenvalue weighted by Gasteiger charge is 2.21. The van der Waals surface area contributed by atoms with Gasteiger partial charge in [0.05, 0.1) is 6.54 Å². The van der Waals surface area contributed by atoms with Crippen molar-refractivity contribution < 1.29 is 9.59 Å². The number of halogens is 1. The van der Waals surface area contributed by atoms with E-state index in [9.17, 15) is 9.59 Å². The predicted molar refractivity (Wildman–Crippen MR) is 76.5 cm³/mol. The van der Waals surface area contributed by atoms with Crippen molar-refractivity contribution in [2.24, 2.45) is 0 Å². The average Bonchev–Trinajstić information content (AvgIpc) is 2.81. The first-order chi connectivity index (χ1) is 9.63. The van der Waals surface area contributed by atoms with E-state index in [1.807, 2.05) is 35.0 Å². The van der Waals surface area contributed by atoms with Crippen molar-refractivity contribution in [1.29, 1.82) is 0 Å². The summed E-state index contributed by atoms with van der Waals surface area (Å²) in [6.07, 6.45) is 1.86. The summed E-state index contributed by atoms with van der Waals surface area (Å²) >= 11 is 5.99. The topological polar surface area (TPSA) is 54.3 Å². The van der Waals surface area contributed by atoms with Crippen LogP contribution in [0.3, 0.4) is 0 Å². The number of hydrogen-bond donors (Lipinski definition) is 1. The second-order valence-electron chi connectivity index (χ2n) is 4.81. The summed E-state index contributed by atoms with van der Waals surface area (Å²) in [5, 5.41) is 4.39. The number of nitrogens with zero attached hydrogens (tertiary/aromatic N) is 2. The van der Waals surface area contributed by atoms with Crippen LogP contribution in [0.25, 0.3) is 10.9 Å². The first-order valence-electron chi connectivity index (χ1n) is 6.42. The lowest BCUT2D eigenvalue weighted by molar-refractivity contribution is -0.138. The van der Waals surface area contributed by atoms with Gasteiger partial charge in [-0.25, -0.2) is 0 Å². The van der Waals surface area contributed by atoms with E-state index in [1.54, 1.807) is 4.90 Å². The second kappa shape index (κ2) is 5.17. The number of benzene rings is 1. The molecule has 0 atom stereocenters. The number of amides is 2. The normalized spacial score (nSPS) is 15.4. The van der Waals surface area contributed by atoms with E-state index in [1.165, 1.54) is 0 Å². The Morgan fingerprint density at radius 1 is 1.35 bits per heavy atom. The number of carbonyl (C=O) groups is 2. The fraction of sp³-hybridized carbons (Fsp3) is 0.286. The van der Waals surface area contributed by atoms with Crippen molar-refractivity contribution in [3.63, 3.8) is 0 Å². The maximum Gasteiger partial charge on any atom is 0.243 e. The van der Waals surface area contributed by atoms with Gasteiger partial charge in [-0.2, -0.15) is 0 Å². The Kier molecular flexibility index (Phi) is 3.36. The van der Waals surface area contributed by atoms with Gasteiger partial charge in [0.1, 0.15) is 6.54 Å². The number of piperazine rings is 1. The molecule has 1 N–H and O–H groups in total. The molecule has 2 aromatic rings. The summed E-state index contributed by atoms with van der Waals surface area (Å²) < 4.78 is 1.86. The largest absolute Gasteiger partial charge is 0.353 e. The van der Waals surface area contributed by atoms with Crippen LogP contribution in [0.5, 0.6) is 0 Å². The van der Waals surface area contributed by atoms with Crippen LogP contribution in [0, 0.1) is 0 Å². The van der Waals surface area contributed by atoms with Crippen LogP contribution in [-0.4, -0.2) is 40.9 Å². The molecule has 6 heteroatoms. The van der Waals surface area contributed by atoms with Gasteiger partial charge in [-0.1, -0.05) is 17.7 Å². The van der Waals surface area contributed by atoms with Crippen LogP contribution >= 0.6 is 11.6 Å². The van der Waals surface area contributed by atoms with Gasteiger partial charge in [0.15, 0.2) is 0 Å². The van der Waals surface area contributed by atoms with Crippen molar-refractivity contribution >= 4 is 34.3 Å². The third-order valence-corrected chi connectivity index (χ3v) is 3.67. The summed E-state index contributed by atoms with van der Waals surface area (Å²) in [6, 6.07) is 7.53. The van der Waals surface area contributed by atoms with Crippen LogP contribution in [0.4, 0.5) is 0 Å². The minimum atomic E-state index is -0.106. The van der Waals surface area contributed by atoms with Crippen molar-refractivity contribution in [2.45, 2.75) is 6.54 Å². The van der Waals surface area contributed by atoms with Gasteiger partial charge in [0, 0.05) is 29.8 Å². The summed E-state index contributed by atoms with van der Waals surface area (Å²) in [6.45, 7) is 1.43. The van der Waals surface area contributed by atoms with E-state index in [0.29, 0.717) is 18.1 Å². The highest BCUT2D eigenvalue weighted by Crippen LogP contribution is 2.20. The lowest BCUT2D eigenvalue weighted by Crippen LogP contribution is -2.50. The third-order valence-electron chi connectivity index (χ3n) is 3.43. The molecule has 1 aromatic carbocycles. The molecule has 5 nitrogen and oxygen atoms in total. The summed E-state index contributed by atoms with van der Waals surface area (Å²) in [5.74, 6) is -0.165. The highest BCUT2D eigenvalue weighted by molar-refractivity contribution is 6.31. The third kappa shape index (κ3) is 2.49. The zero-order valence-corrected chi connectivity index (χ0v) is 11.6. The Labute approximate surface area is 121 Å². The molecule has 1 aliphatic heterocycles. The lowest BCUT2D eigenvalue weighted by atomic mass is 10.2. The SMILES string of the molecule is O=C1CN(C(=O)Cn2ccc3ccc(Cl)cc32)CCN1. The van der Waals surface area contributed by atoms with E-state index >= 15 is 0 Å². The molecule has 20 heavy (non-hydrogen) atoms. The molecular weight excluding hydrogens is 278 g/mol. The Balaban J connectivity index is 1.80. The minimum Gasteiger partial charge on any atom is -0.353 e. The van der Waals surface area contributed by atoms with Crippen molar-refractivity contribution in [3.05, 3.63) is 35.5 Å². The zero-order valence-electron chi connectivity index (χ0n) is 10.8. The monoisotopic (exact) mass is 291 g/mol. The number of nitrogens with one attached hydrogen (secondary N) is 1. The summed E-state index contributed by atoms with van der Waals surface area (Å²) in [4.78, 5) is 25.1. The second-order valence-corrected chi connectivity index (χ2v) is 5.25. The fourth-order valence-electron chi connectivity index (χ4n) is 2.39. The maximum atomic E-state index is 12.2. The fourth-order valence-corrected chi connectivity index (χ4v) is 2.56. The molecule has 3 rings (SSSR count). The molecule has 2 heterocycles. The molecule has 104 valence electrons. The number of fused-ring (bicyclic) bond motifs is 1. The van der Waals surface area contributed by atoms with Gasteiger partial charge < -0.3 is 14.8 Å². The molecule has 0 spiro atoms. The molecule has 1 saturated heterocycles. The Morgan fingerprint density at radius 3 is 3.00 bits per heavy atom. The maximum absolute atomic E-state index is 12.2. The van der Waals surface area contributed by atoms with Gasteiger partial charge >= 0.3 is 0 Å². The number of aromatic nitrogens is 1. The van der Waals surface area contributed by atoms with E-state index in [4.69, 9.17) is 11.6 Å². The van der Waals surface area contributed by atoms with Crippen LogP contribution in [0.15, 0.2) is 30.5 Å². The summed E-state index contributed by atoms with van der Waals surface area (Å²) in [7, 11) is 0. The molecule has 2 amide bonds. The molecule has 0 aliphatic carbocycles. The van der Waals surface area contributed by atoms with Gasteiger partial charge in [0.2, 0.25) is 11.8 Å². The Morgan fingerprint density at radius 2 is 2.20 bits per heavy atom. The number of carbonyl (C=O) groups excluding carboxylic acids is 2. The Hall–Kier alpha value is -2.01. The van der Waals surface area contributed by atoms with Gasteiger partial charge in [-0.3, -0.25) is 9.59 Å². The molecule has 0 unspecified atom stereocenters. The zero-order chi connectivity index (χ0) is 14.1. The minimum absolute atomic E-state index is 0.0580. The van der Waals surface area contributed by atoms with Gasteiger partial charge in [-0.15, -0.1) is 0 Å². The van der Waals surface area contributed by atoms with Gasteiger partial charge in [0.25, 0.3) is 0 Å². The quantitative estimate of drug-likeness (QED) is 0.905. The number of rotatable bonds is 2. The van der Waals surface area contributed by atoms with Crippen molar-refractivity contribution in [3.8, 4) is 0 Å². The summed E-state index contributed by atoms with van der Waals surface area (Å²) in [5.41, 5.74) is 0.923. The molecule has 0 saturated carbocycles. The van der Waals surface area contributed by atoms with E-state index in [-0.39, 0.29) is 24.9 Å². The Bertz CT molecular complexity index is 680. The van der Waals surface area contributed by atoms with Crippen LogP contribution in [0.2, 0.25) is 5.02 Å². The first-order valence-corrected chi connectivity index (χ1v) is 6.80. The highest BCUT2D eigenvalue weighted by atomic mass is 35.5. The van der Waals surface area contributed by atoms with Crippen molar-refractivity contribution in [1.82, 2.24) is 14.8 Å². The van der Waals surface area contributed by atoms with E-state index in [2.05, 4.69) is 5.32 Å². The van der Waals surface area contributed by atoms with Crippen LogP contribution in [0.1, 0.15) is 0 Å². The van der Waals surface area contributed by atoms with Crippen molar-refractivity contribution in [2.75, 3.05) is 19.6 Å². The van der Waals surface area contributed by atoms with Crippen LogP contribution < -0.4 is 5.32 Å². The molecular formula is C14H14ClN3O2. The molecule has 1 fully saturated rings.